The SMILES string of the molecule is Cc1ccc(C2=C(c3ccc(C)cc3)SC(=Cc3ccc(C=C4SC(c5ccc(C)cc5)=C(c5ccc(C)cc5)S4)s3)S2)cc1. The van der Waals surface area contributed by atoms with Crippen LogP contribution in [0.25, 0.3) is 31.8 Å². The zero-order chi connectivity index (χ0) is 30.9. The van der Waals surface area contributed by atoms with Crippen LogP contribution in [-0.4, -0.2) is 0 Å². The highest BCUT2D eigenvalue weighted by atomic mass is 32.2. The first-order valence-corrected chi connectivity index (χ1v) is 19.0. The second-order valence-electron chi connectivity index (χ2n) is 11.4. The van der Waals surface area contributed by atoms with Crippen LogP contribution in [0.15, 0.2) is 118 Å². The fourth-order valence-corrected chi connectivity index (χ4v) is 11.5. The van der Waals surface area contributed by atoms with Gasteiger partial charge in [-0.2, -0.15) is 0 Å². The maximum Gasteiger partial charge on any atom is 0.0514 e. The minimum atomic E-state index is 1.28. The molecule has 0 saturated carbocycles. The van der Waals surface area contributed by atoms with E-state index in [1.165, 1.54) is 82.4 Å². The van der Waals surface area contributed by atoms with Crippen LogP contribution >= 0.6 is 58.4 Å². The molecule has 222 valence electrons. The Balaban J connectivity index is 1.15. The highest BCUT2D eigenvalue weighted by Gasteiger charge is 2.25. The van der Waals surface area contributed by atoms with Crippen LogP contribution in [-0.2, 0) is 0 Å². The highest BCUT2D eigenvalue weighted by Crippen LogP contribution is 2.59. The van der Waals surface area contributed by atoms with Gasteiger partial charge in [-0.15, -0.1) is 11.3 Å². The molecule has 4 aromatic carbocycles. The topological polar surface area (TPSA) is 0 Å². The summed E-state index contributed by atoms with van der Waals surface area (Å²) in [4.78, 5) is 7.92. The van der Waals surface area contributed by atoms with Crippen molar-refractivity contribution in [1.29, 1.82) is 0 Å². The third kappa shape index (κ3) is 7.03. The van der Waals surface area contributed by atoms with Crippen molar-refractivity contribution < 1.29 is 0 Å². The normalized spacial score (nSPS) is 14.9. The highest BCUT2D eigenvalue weighted by molar-refractivity contribution is 8.35. The smallest absolute Gasteiger partial charge is 0.0514 e. The molecule has 0 amide bonds. The van der Waals surface area contributed by atoms with Gasteiger partial charge in [0.05, 0.1) is 8.47 Å². The van der Waals surface area contributed by atoms with E-state index in [1.54, 1.807) is 0 Å². The molecule has 5 heteroatoms. The van der Waals surface area contributed by atoms with Crippen LogP contribution in [0, 0.1) is 27.7 Å². The molecule has 2 aliphatic heterocycles. The molecule has 2 aliphatic rings. The lowest BCUT2D eigenvalue weighted by Gasteiger charge is -2.07. The molecule has 0 N–H and O–H groups in total. The summed E-state index contributed by atoms with van der Waals surface area (Å²) in [6.45, 7) is 8.59. The van der Waals surface area contributed by atoms with Gasteiger partial charge >= 0.3 is 0 Å². The Morgan fingerprint density at radius 2 is 0.578 bits per heavy atom. The monoisotopic (exact) mass is 672 g/mol. The van der Waals surface area contributed by atoms with E-state index in [0.717, 1.165) is 0 Å². The summed E-state index contributed by atoms with van der Waals surface area (Å²) in [5.74, 6) is 0. The summed E-state index contributed by atoms with van der Waals surface area (Å²) < 4.78 is 2.63. The maximum atomic E-state index is 2.36. The van der Waals surface area contributed by atoms with Gasteiger partial charge in [0.1, 0.15) is 0 Å². The van der Waals surface area contributed by atoms with Gasteiger partial charge in [0.25, 0.3) is 0 Å². The third-order valence-electron chi connectivity index (χ3n) is 7.65. The second-order valence-corrected chi connectivity index (χ2v) is 17.2. The molecule has 0 saturated heterocycles. The molecular weight excluding hydrogens is 641 g/mol. The summed E-state index contributed by atoms with van der Waals surface area (Å²) in [6, 6.07) is 40.3. The fourth-order valence-electron chi connectivity index (χ4n) is 5.08. The molecule has 0 unspecified atom stereocenters. The number of thioether (sulfide) groups is 4. The first kappa shape index (κ1) is 30.6. The molecule has 45 heavy (non-hydrogen) atoms. The quantitative estimate of drug-likeness (QED) is 0.176. The molecule has 1 aromatic heterocycles. The average Bonchev–Trinajstić information content (AvgIpc) is 3.78. The lowest BCUT2D eigenvalue weighted by Crippen LogP contribution is -1.84. The van der Waals surface area contributed by atoms with Crippen molar-refractivity contribution in [3.8, 4) is 0 Å². The van der Waals surface area contributed by atoms with Crippen molar-refractivity contribution in [2.75, 3.05) is 0 Å². The minimum absolute atomic E-state index is 1.28. The molecule has 0 atom stereocenters. The van der Waals surface area contributed by atoms with E-state index in [9.17, 15) is 0 Å². The van der Waals surface area contributed by atoms with E-state index >= 15 is 0 Å². The number of benzene rings is 4. The number of thiophene rings is 1. The Morgan fingerprint density at radius 3 is 0.822 bits per heavy atom. The van der Waals surface area contributed by atoms with E-state index in [4.69, 9.17) is 0 Å². The second kappa shape index (κ2) is 13.4. The zero-order valence-electron chi connectivity index (χ0n) is 25.6. The zero-order valence-corrected chi connectivity index (χ0v) is 29.7. The fraction of sp³-hybridized carbons (Fsp3) is 0.100. The van der Waals surface area contributed by atoms with Gasteiger partial charge in [0, 0.05) is 29.4 Å². The van der Waals surface area contributed by atoms with Crippen LogP contribution in [0.5, 0.6) is 0 Å². The Hall–Kier alpha value is -3.06. The third-order valence-corrected chi connectivity index (χ3v) is 13.7. The predicted octanol–water partition coefficient (Wildman–Crippen LogP) is 13.6. The lowest BCUT2D eigenvalue weighted by molar-refractivity contribution is 1.46. The van der Waals surface area contributed by atoms with Crippen molar-refractivity contribution in [3.05, 3.63) is 172 Å². The number of aryl methyl sites for hydroxylation is 4. The molecule has 0 spiro atoms. The molecular formula is C40H32S5. The van der Waals surface area contributed by atoms with Gasteiger partial charge in [-0.1, -0.05) is 166 Å². The largest absolute Gasteiger partial charge is 0.136 e. The molecule has 0 bridgehead atoms. The summed E-state index contributed by atoms with van der Waals surface area (Å²) in [7, 11) is 0. The Kier molecular flexibility index (Phi) is 9.07. The minimum Gasteiger partial charge on any atom is -0.136 e. The Bertz CT molecular complexity index is 1720. The van der Waals surface area contributed by atoms with E-state index in [-0.39, 0.29) is 0 Å². The van der Waals surface area contributed by atoms with Crippen molar-refractivity contribution in [1.82, 2.24) is 0 Å². The molecule has 0 radical (unpaired) electrons. The van der Waals surface area contributed by atoms with Gasteiger partial charge in [0.2, 0.25) is 0 Å². The van der Waals surface area contributed by atoms with Crippen molar-refractivity contribution in [2.24, 2.45) is 0 Å². The molecule has 7 rings (SSSR count). The Labute approximate surface area is 287 Å². The summed E-state index contributed by atoms with van der Waals surface area (Å²) in [6.07, 6.45) is 4.72. The van der Waals surface area contributed by atoms with Gasteiger partial charge in [-0.25, -0.2) is 0 Å². The molecule has 0 fully saturated rings. The van der Waals surface area contributed by atoms with Crippen LogP contribution in [0.1, 0.15) is 54.3 Å². The van der Waals surface area contributed by atoms with Gasteiger partial charge < -0.3 is 0 Å². The van der Waals surface area contributed by atoms with Crippen molar-refractivity contribution in [3.63, 3.8) is 0 Å². The van der Waals surface area contributed by atoms with Crippen LogP contribution in [0.3, 0.4) is 0 Å². The summed E-state index contributed by atoms with van der Waals surface area (Å²) in [5.41, 5.74) is 10.3. The van der Waals surface area contributed by atoms with Gasteiger partial charge in [-0.05, 0) is 74.2 Å². The summed E-state index contributed by atoms with van der Waals surface area (Å²) >= 11 is 9.43. The number of hydrogen-bond acceptors (Lipinski definition) is 5. The number of rotatable bonds is 6. The van der Waals surface area contributed by atoms with Crippen LogP contribution < -0.4 is 0 Å². The first-order valence-electron chi connectivity index (χ1n) is 14.9. The number of hydrogen-bond donors (Lipinski definition) is 0. The molecule has 0 nitrogen and oxygen atoms in total. The van der Waals surface area contributed by atoms with Crippen molar-refractivity contribution in [2.45, 2.75) is 27.7 Å². The van der Waals surface area contributed by atoms with E-state index < -0.39 is 0 Å². The van der Waals surface area contributed by atoms with Crippen molar-refractivity contribution >= 4 is 90.2 Å². The first-order chi connectivity index (χ1) is 21.9. The standard InChI is InChI=1S/C40H32S5/c1-25-5-13-29(14-6-25)37-38(30-15-7-26(2)8-16-30)43-35(42-37)23-33-21-22-34(41-33)24-36-44-39(31-17-9-27(3)10-18-31)40(45-36)32-19-11-28(4)12-20-32/h5-24H,1-4H3. The molecule has 0 aliphatic carbocycles. The van der Waals surface area contributed by atoms with E-state index in [1.807, 2.05) is 58.4 Å². The lowest BCUT2D eigenvalue weighted by atomic mass is 10.1. The van der Waals surface area contributed by atoms with E-state index in [0.29, 0.717) is 0 Å². The van der Waals surface area contributed by atoms with Crippen LogP contribution in [0.4, 0.5) is 0 Å². The molecule has 5 aromatic rings. The van der Waals surface area contributed by atoms with Crippen LogP contribution in [0.2, 0.25) is 0 Å². The van der Waals surface area contributed by atoms with Gasteiger partial charge in [-0.3, -0.25) is 0 Å². The van der Waals surface area contributed by atoms with Gasteiger partial charge in [0.15, 0.2) is 0 Å². The Morgan fingerprint density at radius 1 is 0.333 bits per heavy atom. The predicted molar refractivity (Wildman–Crippen MR) is 209 cm³/mol. The van der Waals surface area contributed by atoms with E-state index in [2.05, 4.69) is 149 Å². The maximum absolute atomic E-state index is 2.36. The average molecular weight is 673 g/mol. The summed E-state index contributed by atoms with van der Waals surface area (Å²) in [5, 5.41) is 0. The molecule has 3 heterocycles.